The largest absolute Gasteiger partial charge is 0.507 e. The minimum Gasteiger partial charge on any atom is -0.507 e. The predicted molar refractivity (Wildman–Crippen MR) is 121 cm³/mol. The third-order valence-corrected chi connectivity index (χ3v) is 6.07. The van der Waals surface area contributed by atoms with Crippen LogP contribution in [0.15, 0.2) is 59.7 Å². The summed E-state index contributed by atoms with van der Waals surface area (Å²) >= 11 is 0. The Labute approximate surface area is 182 Å². The molecular weight excluding hydrogens is 390 g/mol. The highest BCUT2D eigenvalue weighted by atomic mass is 16.5. The van der Waals surface area contributed by atoms with Gasteiger partial charge >= 0.3 is 0 Å². The summed E-state index contributed by atoms with van der Waals surface area (Å²) in [5, 5.41) is 10.9. The van der Waals surface area contributed by atoms with E-state index in [1.807, 2.05) is 43.3 Å². The monoisotopic (exact) mass is 419 g/mol. The first kappa shape index (κ1) is 21.1. The second kappa shape index (κ2) is 9.35. The Kier molecular flexibility index (Phi) is 6.37. The van der Waals surface area contributed by atoms with Crippen molar-refractivity contribution in [1.82, 2.24) is 14.5 Å². The van der Waals surface area contributed by atoms with Gasteiger partial charge in [0.1, 0.15) is 11.5 Å². The van der Waals surface area contributed by atoms with Gasteiger partial charge in [0, 0.05) is 18.1 Å². The lowest BCUT2D eigenvalue weighted by Gasteiger charge is -2.35. The van der Waals surface area contributed by atoms with Crippen LogP contribution in [0.5, 0.6) is 11.5 Å². The molecule has 0 spiro atoms. The number of piperidine rings is 1. The molecule has 1 saturated heterocycles. The molecule has 2 aromatic heterocycles. The van der Waals surface area contributed by atoms with Gasteiger partial charge in [-0.25, -0.2) is 0 Å². The Morgan fingerprint density at radius 1 is 1.06 bits per heavy atom. The first-order valence-corrected chi connectivity index (χ1v) is 10.8. The quantitative estimate of drug-likeness (QED) is 0.657. The smallest absolute Gasteiger partial charge is 0.259 e. The number of aromatic hydroxyl groups is 1. The molecule has 0 unspecified atom stereocenters. The Bertz CT molecular complexity index is 1070. The van der Waals surface area contributed by atoms with Crippen molar-refractivity contribution in [2.45, 2.75) is 38.8 Å². The van der Waals surface area contributed by atoms with Crippen molar-refractivity contribution in [1.29, 1.82) is 0 Å². The molecule has 0 amide bonds. The van der Waals surface area contributed by atoms with E-state index in [0.29, 0.717) is 12.1 Å². The van der Waals surface area contributed by atoms with Gasteiger partial charge in [-0.15, -0.1) is 0 Å². The predicted octanol–water partition coefficient (Wildman–Crippen LogP) is 3.89. The lowest BCUT2D eigenvalue weighted by Crippen LogP contribution is -2.38. The van der Waals surface area contributed by atoms with Crippen molar-refractivity contribution in [2.24, 2.45) is 0 Å². The minimum atomic E-state index is -0.293. The molecule has 3 aromatic rings. The first-order valence-electron chi connectivity index (χ1n) is 10.8. The van der Waals surface area contributed by atoms with Crippen molar-refractivity contribution >= 4 is 0 Å². The SMILES string of the molecule is COc1ccc(Cn2c(C)cc(O)c([C@@H](c3ccncc3)N3CCCCC3)c2=O)cc1. The zero-order chi connectivity index (χ0) is 21.8. The number of methoxy groups -OCH3 is 1. The molecule has 4 rings (SSSR count). The van der Waals surface area contributed by atoms with Gasteiger partial charge in [0.05, 0.1) is 25.3 Å². The topological polar surface area (TPSA) is 67.6 Å². The van der Waals surface area contributed by atoms with Gasteiger partial charge in [0.25, 0.3) is 5.56 Å². The van der Waals surface area contributed by atoms with Gasteiger partial charge in [-0.05, 0) is 74.3 Å². The van der Waals surface area contributed by atoms with Gasteiger partial charge in [-0.3, -0.25) is 14.7 Å². The maximum Gasteiger partial charge on any atom is 0.259 e. The van der Waals surface area contributed by atoms with Crippen LogP contribution in [0.2, 0.25) is 0 Å². The third kappa shape index (κ3) is 4.49. The standard InChI is InChI=1S/C25H29N3O3/c1-18-16-22(29)23(25(30)28(18)17-19-6-8-21(31-2)9-7-19)24(20-10-12-26-13-11-20)27-14-4-3-5-15-27/h6-13,16,24,29H,3-5,14-15,17H2,1-2H3/t24-/m1/s1. The van der Waals surface area contributed by atoms with Crippen LogP contribution in [0.1, 0.15) is 47.7 Å². The van der Waals surface area contributed by atoms with Crippen molar-refractivity contribution in [3.63, 3.8) is 0 Å². The number of rotatable bonds is 6. The van der Waals surface area contributed by atoms with Crippen LogP contribution in [-0.2, 0) is 6.54 Å². The number of aromatic nitrogens is 2. The fourth-order valence-corrected chi connectivity index (χ4v) is 4.42. The van der Waals surface area contributed by atoms with E-state index in [2.05, 4.69) is 9.88 Å². The van der Waals surface area contributed by atoms with E-state index in [0.717, 1.165) is 48.5 Å². The molecular formula is C25H29N3O3. The second-order valence-electron chi connectivity index (χ2n) is 8.10. The summed E-state index contributed by atoms with van der Waals surface area (Å²) in [6, 6.07) is 13.0. The molecule has 0 aliphatic carbocycles. The van der Waals surface area contributed by atoms with Crippen LogP contribution in [0.3, 0.4) is 0 Å². The Hall–Kier alpha value is -3.12. The highest BCUT2D eigenvalue weighted by molar-refractivity contribution is 5.41. The van der Waals surface area contributed by atoms with Gasteiger partial charge in [-0.1, -0.05) is 18.6 Å². The average molecular weight is 420 g/mol. The number of nitrogens with zero attached hydrogens (tertiary/aromatic N) is 3. The summed E-state index contributed by atoms with van der Waals surface area (Å²) in [5.74, 6) is 0.836. The zero-order valence-corrected chi connectivity index (χ0v) is 18.1. The molecule has 1 fully saturated rings. The molecule has 1 aromatic carbocycles. The molecule has 31 heavy (non-hydrogen) atoms. The van der Waals surface area contributed by atoms with Crippen LogP contribution in [-0.4, -0.2) is 39.8 Å². The van der Waals surface area contributed by atoms with Crippen LogP contribution in [0.4, 0.5) is 0 Å². The molecule has 6 heteroatoms. The second-order valence-corrected chi connectivity index (χ2v) is 8.10. The van der Waals surface area contributed by atoms with Crippen LogP contribution in [0, 0.1) is 6.92 Å². The molecule has 162 valence electrons. The van der Waals surface area contributed by atoms with Crippen molar-refractivity contribution in [3.05, 3.63) is 87.6 Å². The lowest BCUT2D eigenvalue weighted by atomic mass is 9.95. The Morgan fingerprint density at radius 3 is 2.39 bits per heavy atom. The number of benzene rings is 1. The zero-order valence-electron chi connectivity index (χ0n) is 18.1. The summed E-state index contributed by atoms with van der Waals surface area (Å²) < 4.78 is 6.98. The molecule has 1 N–H and O–H groups in total. The first-order chi connectivity index (χ1) is 15.1. The molecule has 0 saturated carbocycles. The van der Waals surface area contributed by atoms with Crippen molar-refractivity contribution in [3.8, 4) is 11.5 Å². The summed E-state index contributed by atoms with van der Waals surface area (Å²) in [6.07, 6.45) is 6.87. The van der Waals surface area contributed by atoms with Crippen molar-refractivity contribution in [2.75, 3.05) is 20.2 Å². The van der Waals surface area contributed by atoms with Gasteiger partial charge in [0.15, 0.2) is 0 Å². The molecule has 6 nitrogen and oxygen atoms in total. The Morgan fingerprint density at radius 2 is 1.74 bits per heavy atom. The highest BCUT2D eigenvalue weighted by Crippen LogP contribution is 2.34. The number of hydrogen-bond donors (Lipinski definition) is 1. The lowest BCUT2D eigenvalue weighted by molar-refractivity contribution is 0.183. The van der Waals surface area contributed by atoms with E-state index in [1.165, 1.54) is 6.42 Å². The van der Waals surface area contributed by atoms with Crippen LogP contribution < -0.4 is 10.3 Å². The van der Waals surface area contributed by atoms with Gasteiger partial charge < -0.3 is 14.4 Å². The van der Waals surface area contributed by atoms with E-state index >= 15 is 0 Å². The maximum atomic E-state index is 13.7. The van der Waals surface area contributed by atoms with Crippen LogP contribution in [0.25, 0.3) is 0 Å². The molecule has 1 atom stereocenters. The number of hydrogen-bond acceptors (Lipinski definition) is 5. The fraction of sp³-hybridized carbons (Fsp3) is 0.360. The number of ether oxygens (including phenoxy) is 1. The number of aryl methyl sites for hydroxylation is 1. The van der Waals surface area contributed by atoms with E-state index in [4.69, 9.17) is 4.74 Å². The molecule has 0 bridgehead atoms. The van der Waals surface area contributed by atoms with E-state index in [9.17, 15) is 9.90 Å². The van der Waals surface area contributed by atoms with Crippen LogP contribution >= 0.6 is 0 Å². The summed E-state index contributed by atoms with van der Waals surface area (Å²) in [7, 11) is 1.63. The maximum absolute atomic E-state index is 13.7. The summed E-state index contributed by atoms with van der Waals surface area (Å²) in [4.78, 5) is 20.2. The summed E-state index contributed by atoms with van der Waals surface area (Å²) in [5.41, 5.74) is 2.99. The minimum absolute atomic E-state index is 0.0564. The Balaban J connectivity index is 1.79. The van der Waals surface area contributed by atoms with Gasteiger partial charge in [-0.2, -0.15) is 0 Å². The number of likely N-dealkylation sites (tertiary alicyclic amines) is 1. The normalized spacial score (nSPS) is 15.5. The van der Waals surface area contributed by atoms with E-state index < -0.39 is 0 Å². The van der Waals surface area contributed by atoms with E-state index in [-0.39, 0.29) is 17.4 Å². The van der Waals surface area contributed by atoms with Gasteiger partial charge in [0.2, 0.25) is 0 Å². The fourth-order valence-electron chi connectivity index (χ4n) is 4.42. The summed E-state index contributed by atoms with van der Waals surface area (Å²) in [6.45, 7) is 4.10. The van der Waals surface area contributed by atoms with Crippen molar-refractivity contribution < 1.29 is 9.84 Å². The van der Waals surface area contributed by atoms with E-state index in [1.54, 1.807) is 30.1 Å². The average Bonchev–Trinajstić information content (AvgIpc) is 2.81. The third-order valence-electron chi connectivity index (χ3n) is 6.07. The number of pyridine rings is 2. The molecule has 0 radical (unpaired) electrons. The highest BCUT2D eigenvalue weighted by Gasteiger charge is 2.30. The molecule has 1 aliphatic heterocycles. The molecule has 1 aliphatic rings. The molecule has 3 heterocycles.